The van der Waals surface area contributed by atoms with Gasteiger partial charge in [0, 0.05) is 17.8 Å². The molecule has 1 aromatic heterocycles. The highest BCUT2D eigenvalue weighted by atomic mass is 14.9. The summed E-state index contributed by atoms with van der Waals surface area (Å²) in [5.41, 5.74) is 9.18. The number of rotatable bonds is 4. The Hall–Kier alpha value is -0.960. The average molecular weight is 219 g/mol. The molecule has 1 fully saturated rings. The highest BCUT2D eigenvalue weighted by Crippen LogP contribution is 2.32. The summed E-state index contributed by atoms with van der Waals surface area (Å²) in [5, 5.41) is 0. The Kier molecular flexibility index (Phi) is 3.24. The zero-order chi connectivity index (χ0) is 11.7. The van der Waals surface area contributed by atoms with Gasteiger partial charge in [0.05, 0.1) is 0 Å². The third-order valence-corrected chi connectivity index (χ3v) is 3.39. The SMILES string of the molecule is Cc1nc(CC2CC2)nc(C)c1C(C)CN. The van der Waals surface area contributed by atoms with Crippen LogP contribution < -0.4 is 5.73 Å². The second kappa shape index (κ2) is 4.50. The van der Waals surface area contributed by atoms with Gasteiger partial charge in [-0.2, -0.15) is 0 Å². The zero-order valence-corrected chi connectivity index (χ0v) is 10.5. The summed E-state index contributed by atoms with van der Waals surface area (Å²) in [6.45, 7) is 6.95. The van der Waals surface area contributed by atoms with E-state index >= 15 is 0 Å². The van der Waals surface area contributed by atoms with Crippen molar-refractivity contribution in [2.45, 2.75) is 46.0 Å². The number of aromatic nitrogens is 2. The fourth-order valence-corrected chi connectivity index (χ4v) is 2.30. The van der Waals surface area contributed by atoms with E-state index in [4.69, 9.17) is 5.73 Å². The largest absolute Gasteiger partial charge is 0.330 e. The third kappa shape index (κ3) is 2.40. The van der Waals surface area contributed by atoms with Crippen LogP contribution in [0, 0.1) is 19.8 Å². The molecule has 1 saturated carbocycles. The molecule has 0 aliphatic heterocycles. The summed E-state index contributed by atoms with van der Waals surface area (Å²) in [6.07, 6.45) is 3.75. The predicted molar refractivity (Wildman–Crippen MR) is 65.4 cm³/mol. The Labute approximate surface area is 97.5 Å². The number of hydrogen-bond donors (Lipinski definition) is 1. The smallest absolute Gasteiger partial charge is 0.129 e. The van der Waals surface area contributed by atoms with Gasteiger partial charge in [0.1, 0.15) is 5.82 Å². The van der Waals surface area contributed by atoms with Gasteiger partial charge in [0.15, 0.2) is 0 Å². The first-order valence-electron chi connectivity index (χ1n) is 6.16. The van der Waals surface area contributed by atoms with Crippen LogP contribution in [0.2, 0.25) is 0 Å². The molecule has 1 atom stereocenters. The van der Waals surface area contributed by atoms with Gasteiger partial charge in [-0.1, -0.05) is 6.92 Å². The van der Waals surface area contributed by atoms with Crippen molar-refractivity contribution >= 4 is 0 Å². The Bertz CT molecular complexity index is 360. The highest BCUT2D eigenvalue weighted by Gasteiger charge is 2.23. The predicted octanol–water partition coefficient (Wildman–Crippen LogP) is 2.11. The molecule has 1 aliphatic rings. The Morgan fingerprint density at radius 2 is 1.81 bits per heavy atom. The Balaban J connectivity index is 2.26. The van der Waals surface area contributed by atoms with Crippen LogP contribution in [-0.4, -0.2) is 16.5 Å². The van der Waals surface area contributed by atoms with E-state index in [1.807, 2.05) is 0 Å². The van der Waals surface area contributed by atoms with E-state index in [1.54, 1.807) is 0 Å². The first kappa shape index (κ1) is 11.5. The molecule has 0 aromatic carbocycles. The van der Waals surface area contributed by atoms with Gasteiger partial charge in [-0.3, -0.25) is 0 Å². The van der Waals surface area contributed by atoms with Gasteiger partial charge in [-0.25, -0.2) is 9.97 Å². The van der Waals surface area contributed by atoms with Crippen LogP contribution in [0.15, 0.2) is 0 Å². The summed E-state index contributed by atoms with van der Waals surface area (Å²) < 4.78 is 0. The van der Waals surface area contributed by atoms with Crippen LogP contribution in [0.5, 0.6) is 0 Å². The summed E-state index contributed by atoms with van der Waals surface area (Å²) in [7, 11) is 0. The van der Waals surface area contributed by atoms with E-state index in [0.717, 1.165) is 29.6 Å². The van der Waals surface area contributed by atoms with E-state index in [2.05, 4.69) is 30.7 Å². The van der Waals surface area contributed by atoms with Crippen LogP contribution in [-0.2, 0) is 6.42 Å². The van der Waals surface area contributed by atoms with E-state index in [9.17, 15) is 0 Å². The number of hydrogen-bond acceptors (Lipinski definition) is 3. The first-order chi connectivity index (χ1) is 7.61. The molecule has 1 aromatic rings. The molecule has 0 spiro atoms. The van der Waals surface area contributed by atoms with Crippen molar-refractivity contribution in [3.8, 4) is 0 Å². The minimum absolute atomic E-state index is 0.356. The van der Waals surface area contributed by atoms with Crippen molar-refractivity contribution in [1.29, 1.82) is 0 Å². The van der Waals surface area contributed by atoms with Crippen LogP contribution in [0.3, 0.4) is 0 Å². The van der Waals surface area contributed by atoms with Crippen LogP contribution in [0.25, 0.3) is 0 Å². The molecule has 3 nitrogen and oxygen atoms in total. The molecule has 1 unspecified atom stereocenters. The molecular formula is C13H21N3. The van der Waals surface area contributed by atoms with Crippen molar-refractivity contribution in [2.75, 3.05) is 6.54 Å². The maximum atomic E-state index is 5.72. The van der Waals surface area contributed by atoms with Crippen LogP contribution >= 0.6 is 0 Å². The lowest BCUT2D eigenvalue weighted by molar-refractivity contribution is 0.709. The molecule has 16 heavy (non-hydrogen) atoms. The molecule has 2 N–H and O–H groups in total. The number of aryl methyl sites for hydroxylation is 2. The minimum Gasteiger partial charge on any atom is -0.330 e. The quantitative estimate of drug-likeness (QED) is 0.843. The monoisotopic (exact) mass is 219 g/mol. The van der Waals surface area contributed by atoms with Gasteiger partial charge in [0.2, 0.25) is 0 Å². The average Bonchev–Trinajstić information content (AvgIpc) is 3.00. The summed E-state index contributed by atoms with van der Waals surface area (Å²) in [4.78, 5) is 9.23. The highest BCUT2D eigenvalue weighted by molar-refractivity contribution is 5.28. The third-order valence-electron chi connectivity index (χ3n) is 3.39. The van der Waals surface area contributed by atoms with E-state index < -0.39 is 0 Å². The molecule has 0 amide bonds. The van der Waals surface area contributed by atoms with Crippen LogP contribution in [0.1, 0.15) is 48.5 Å². The van der Waals surface area contributed by atoms with Gasteiger partial charge in [-0.05, 0) is 50.6 Å². The molecule has 0 bridgehead atoms. The van der Waals surface area contributed by atoms with Gasteiger partial charge in [-0.15, -0.1) is 0 Å². The second-order valence-electron chi connectivity index (χ2n) is 5.01. The molecule has 2 rings (SSSR count). The standard InChI is InChI=1S/C13H21N3/c1-8(7-14)13-9(2)15-12(16-10(13)3)6-11-4-5-11/h8,11H,4-7,14H2,1-3H3. The van der Waals surface area contributed by atoms with Gasteiger partial charge in [0.25, 0.3) is 0 Å². The van der Waals surface area contributed by atoms with E-state index in [-0.39, 0.29) is 0 Å². The molecule has 1 heterocycles. The Morgan fingerprint density at radius 1 is 1.25 bits per heavy atom. The fraction of sp³-hybridized carbons (Fsp3) is 0.692. The maximum absolute atomic E-state index is 5.72. The van der Waals surface area contributed by atoms with Crippen molar-refractivity contribution in [3.63, 3.8) is 0 Å². The molecule has 0 radical (unpaired) electrons. The normalized spacial score (nSPS) is 17.5. The second-order valence-corrected chi connectivity index (χ2v) is 5.01. The summed E-state index contributed by atoms with van der Waals surface area (Å²) in [5.74, 6) is 2.22. The van der Waals surface area contributed by atoms with E-state index in [0.29, 0.717) is 12.5 Å². The lowest BCUT2D eigenvalue weighted by atomic mass is 9.98. The van der Waals surface area contributed by atoms with Gasteiger partial charge < -0.3 is 5.73 Å². The fourth-order valence-electron chi connectivity index (χ4n) is 2.30. The van der Waals surface area contributed by atoms with E-state index in [1.165, 1.54) is 18.4 Å². The lowest BCUT2D eigenvalue weighted by Gasteiger charge is -2.15. The van der Waals surface area contributed by atoms with Crippen molar-refractivity contribution in [1.82, 2.24) is 9.97 Å². The van der Waals surface area contributed by atoms with Gasteiger partial charge >= 0.3 is 0 Å². The van der Waals surface area contributed by atoms with Crippen molar-refractivity contribution in [3.05, 3.63) is 22.8 Å². The van der Waals surface area contributed by atoms with Crippen molar-refractivity contribution < 1.29 is 0 Å². The lowest BCUT2D eigenvalue weighted by Crippen LogP contribution is -2.15. The molecular weight excluding hydrogens is 198 g/mol. The maximum Gasteiger partial charge on any atom is 0.129 e. The molecule has 0 saturated heterocycles. The number of nitrogens with zero attached hydrogens (tertiary/aromatic N) is 2. The number of nitrogens with two attached hydrogens (primary N) is 1. The molecule has 1 aliphatic carbocycles. The summed E-state index contributed by atoms with van der Waals surface area (Å²) in [6, 6.07) is 0. The zero-order valence-electron chi connectivity index (χ0n) is 10.5. The minimum atomic E-state index is 0.356. The van der Waals surface area contributed by atoms with Crippen LogP contribution in [0.4, 0.5) is 0 Å². The molecule has 88 valence electrons. The summed E-state index contributed by atoms with van der Waals surface area (Å²) >= 11 is 0. The first-order valence-corrected chi connectivity index (χ1v) is 6.16. The topological polar surface area (TPSA) is 51.8 Å². The van der Waals surface area contributed by atoms with Crippen molar-refractivity contribution in [2.24, 2.45) is 11.7 Å². The Morgan fingerprint density at radius 3 is 2.25 bits per heavy atom. The molecule has 3 heteroatoms.